The van der Waals surface area contributed by atoms with E-state index >= 15 is 0 Å². The predicted octanol–water partition coefficient (Wildman–Crippen LogP) is 22.1. The third-order valence-electron chi connectivity index (χ3n) is 16.6. The van der Waals surface area contributed by atoms with Gasteiger partial charge in [-0.3, -0.25) is 0 Å². The first-order valence-corrected chi connectivity index (χ1v) is 28.7. The normalized spacial score (nSPS) is 12.6. The number of nitrogens with zero attached hydrogens (tertiary/aromatic N) is 3. The van der Waals surface area contributed by atoms with Gasteiger partial charge in [0.2, 0.25) is 0 Å². The molecule has 3 nitrogen and oxygen atoms in total. The first-order valence-electron chi connectivity index (χ1n) is 28.7. The second kappa shape index (κ2) is 22.1. The fourth-order valence-corrected chi connectivity index (χ4v) is 12.6. The molecule has 0 saturated heterocycles. The number of rotatable bonds is 13. The van der Waals surface area contributed by atoms with E-state index < -0.39 is 0 Å². The molecule has 12 aromatic carbocycles. The van der Waals surface area contributed by atoms with Gasteiger partial charge in [0.15, 0.2) is 0 Å². The summed E-state index contributed by atoms with van der Waals surface area (Å²) in [5.41, 5.74) is 23.4. The van der Waals surface area contributed by atoms with Crippen LogP contribution in [0.1, 0.15) is 43.6 Å². The molecule has 0 atom stereocenters. The van der Waals surface area contributed by atoms with Crippen LogP contribution in [-0.4, -0.2) is 4.57 Å². The van der Waals surface area contributed by atoms with Gasteiger partial charge in [-0.1, -0.05) is 219 Å². The highest BCUT2D eigenvalue weighted by Gasteiger charge is 2.22. The summed E-state index contributed by atoms with van der Waals surface area (Å²) in [4.78, 5) is 4.74. The van der Waals surface area contributed by atoms with Gasteiger partial charge >= 0.3 is 0 Å². The van der Waals surface area contributed by atoms with Gasteiger partial charge in [0.1, 0.15) is 0 Å². The summed E-state index contributed by atoms with van der Waals surface area (Å²) >= 11 is 0. The third kappa shape index (κ3) is 9.78. The van der Waals surface area contributed by atoms with Crippen LogP contribution in [0.5, 0.6) is 0 Å². The minimum absolute atomic E-state index is 0.703. The highest BCUT2D eigenvalue weighted by atomic mass is 15.1. The molecule has 1 aliphatic carbocycles. The Labute approximate surface area is 475 Å². The first-order chi connectivity index (χ1) is 40.2. The van der Waals surface area contributed by atoms with E-state index in [1.807, 2.05) is 0 Å². The lowest BCUT2D eigenvalue weighted by atomic mass is 9.84. The average Bonchev–Trinajstić information content (AvgIpc) is 4.12. The van der Waals surface area contributed by atoms with Crippen LogP contribution in [0.2, 0.25) is 0 Å². The molecule has 0 unspecified atom stereocenters. The maximum absolute atomic E-state index is 2.42. The molecule has 388 valence electrons. The number of fused-ring (bicyclic) bond motifs is 3. The number of hydrogen-bond acceptors (Lipinski definition) is 2. The number of benzene rings is 12. The molecule has 0 aliphatic heterocycles. The van der Waals surface area contributed by atoms with Crippen LogP contribution in [0, 0.1) is 0 Å². The maximum atomic E-state index is 2.42. The Morgan fingerprint density at radius 2 is 0.617 bits per heavy atom. The van der Waals surface area contributed by atoms with Gasteiger partial charge in [-0.2, -0.15) is 0 Å². The summed E-state index contributed by atoms with van der Waals surface area (Å²) in [6, 6.07) is 111. The Balaban J connectivity index is 0.838. The number of anilines is 6. The van der Waals surface area contributed by atoms with Gasteiger partial charge in [-0.15, -0.1) is 0 Å². The topological polar surface area (TPSA) is 11.4 Å². The highest BCUT2D eigenvalue weighted by molar-refractivity contribution is 6.10. The molecule has 1 aromatic heterocycles. The molecule has 0 spiro atoms. The second-order valence-corrected chi connectivity index (χ2v) is 21.5. The Morgan fingerprint density at radius 3 is 1.11 bits per heavy atom. The zero-order valence-electron chi connectivity index (χ0n) is 45.3. The molecular formula is C78H61N3. The molecular weight excluding hydrogens is 979 g/mol. The lowest BCUT2D eigenvalue weighted by Gasteiger charge is -2.26. The summed E-state index contributed by atoms with van der Waals surface area (Å²) < 4.78 is 2.39. The van der Waals surface area contributed by atoms with Crippen molar-refractivity contribution in [1.82, 2.24) is 4.57 Å². The van der Waals surface area contributed by atoms with Crippen molar-refractivity contribution in [2.75, 3.05) is 9.80 Å². The lowest BCUT2D eigenvalue weighted by Crippen LogP contribution is -2.10. The van der Waals surface area contributed by atoms with E-state index in [2.05, 4.69) is 318 Å². The number of aromatic nitrogens is 1. The summed E-state index contributed by atoms with van der Waals surface area (Å²) in [6.07, 6.45) is 6.70. The number of hydrogen-bond donors (Lipinski definition) is 0. The van der Waals surface area contributed by atoms with Crippen LogP contribution in [0.25, 0.3) is 83.1 Å². The van der Waals surface area contributed by atoms with Gasteiger partial charge in [0, 0.05) is 50.6 Å². The first kappa shape index (κ1) is 49.3. The van der Waals surface area contributed by atoms with E-state index in [4.69, 9.17) is 0 Å². The zero-order valence-corrected chi connectivity index (χ0v) is 45.3. The van der Waals surface area contributed by atoms with E-state index in [1.165, 1.54) is 98.5 Å². The lowest BCUT2D eigenvalue weighted by molar-refractivity contribution is 0.443. The molecule has 0 amide bonds. The predicted molar refractivity (Wildman–Crippen MR) is 343 cm³/mol. The summed E-state index contributed by atoms with van der Waals surface area (Å²) in [7, 11) is 0. The molecule has 0 bridgehead atoms. The fraction of sp³-hybridized carbons (Fsp3) is 0.0769. The zero-order chi connectivity index (χ0) is 53.9. The molecule has 13 aromatic rings. The van der Waals surface area contributed by atoms with Crippen molar-refractivity contribution in [2.45, 2.75) is 38.0 Å². The largest absolute Gasteiger partial charge is 0.311 e. The van der Waals surface area contributed by atoms with Crippen LogP contribution in [0.15, 0.2) is 303 Å². The molecule has 0 N–H and O–H groups in total. The van der Waals surface area contributed by atoms with Crippen LogP contribution in [0.4, 0.5) is 34.1 Å². The summed E-state index contributed by atoms with van der Waals surface area (Å²) in [6.45, 7) is 0. The molecule has 14 rings (SSSR count). The maximum Gasteiger partial charge on any atom is 0.0561 e. The smallest absolute Gasteiger partial charge is 0.0561 e. The van der Waals surface area contributed by atoms with Gasteiger partial charge in [0.25, 0.3) is 0 Å². The Hall–Kier alpha value is -9.96. The molecule has 1 heterocycles. The van der Waals surface area contributed by atoms with E-state index in [0.29, 0.717) is 5.92 Å². The van der Waals surface area contributed by atoms with E-state index in [9.17, 15) is 0 Å². The average molecular weight is 1040 g/mol. The second-order valence-electron chi connectivity index (χ2n) is 21.5. The van der Waals surface area contributed by atoms with Gasteiger partial charge in [-0.25, -0.2) is 0 Å². The van der Waals surface area contributed by atoms with Crippen molar-refractivity contribution in [3.8, 4) is 61.3 Å². The third-order valence-corrected chi connectivity index (χ3v) is 16.6. The monoisotopic (exact) mass is 1040 g/mol. The van der Waals surface area contributed by atoms with E-state index in [-0.39, 0.29) is 0 Å². The summed E-state index contributed by atoms with van der Waals surface area (Å²) in [5, 5.41) is 2.47. The quantitative estimate of drug-likeness (QED) is 0.114. The van der Waals surface area contributed by atoms with E-state index in [0.717, 1.165) is 56.5 Å². The Bertz CT molecular complexity index is 4240. The number of para-hydroxylation sites is 4. The molecule has 1 saturated carbocycles. The van der Waals surface area contributed by atoms with Crippen molar-refractivity contribution in [3.05, 3.63) is 309 Å². The van der Waals surface area contributed by atoms with Crippen molar-refractivity contribution in [2.24, 2.45) is 0 Å². The van der Waals surface area contributed by atoms with Gasteiger partial charge in [0.05, 0.1) is 11.0 Å². The van der Waals surface area contributed by atoms with Crippen molar-refractivity contribution < 1.29 is 0 Å². The van der Waals surface area contributed by atoms with Crippen LogP contribution < -0.4 is 9.80 Å². The standard InChI is InChI=1S/C78H61N3/c1-7-21-56(22-8-1)57-35-37-58(38-36-57)59-39-45-67(46-40-59)79(64-27-13-4-14-28-64)68-47-41-62(42-48-68)75-54-74(61-25-11-3-12-26-61)76(55-73(75)60-23-9-2-10-24-60)63-43-49-69(50-44-63)80(65-29-15-5-16-30-65)70-51-52-72-71-33-19-20-34-77(71)81(78(72)53-70)66-31-17-6-18-32-66/h2-6,9-20,23-56H,1,7-8,21-22H2. The fourth-order valence-electron chi connectivity index (χ4n) is 12.6. The minimum Gasteiger partial charge on any atom is -0.311 e. The van der Waals surface area contributed by atoms with Crippen molar-refractivity contribution in [1.29, 1.82) is 0 Å². The Morgan fingerprint density at radius 1 is 0.259 bits per heavy atom. The molecule has 3 heteroatoms. The van der Waals surface area contributed by atoms with Crippen molar-refractivity contribution in [3.63, 3.8) is 0 Å². The molecule has 0 radical (unpaired) electrons. The van der Waals surface area contributed by atoms with E-state index in [1.54, 1.807) is 0 Å². The summed E-state index contributed by atoms with van der Waals surface area (Å²) in [5.74, 6) is 0.703. The van der Waals surface area contributed by atoms with Crippen LogP contribution in [0.3, 0.4) is 0 Å². The molecule has 81 heavy (non-hydrogen) atoms. The van der Waals surface area contributed by atoms with Crippen molar-refractivity contribution >= 4 is 55.9 Å². The SMILES string of the molecule is c1ccc(-c2cc(-c3ccc(N(c4ccccc4)c4ccc5c6ccccc6n(-c6ccccc6)c5c4)cc3)c(-c3ccccc3)cc2-c2ccc(N(c3ccccc3)c3ccc(-c4ccc(C5CCCCC5)cc4)cc3)cc2)cc1. The van der Waals surface area contributed by atoms with Gasteiger partial charge in [-0.05, 0) is 183 Å². The van der Waals surface area contributed by atoms with Crippen LogP contribution in [-0.2, 0) is 0 Å². The minimum atomic E-state index is 0.703. The van der Waals surface area contributed by atoms with Gasteiger partial charge < -0.3 is 14.4 Å². The molecule has 1 aliphatic rings. The van der Waals surface area contributed by atoms with Crippen LogP contribution >= 0.6 is 0 Å². The Kier molecular flexibility index (Phi) is 13.4. The molecule has 1 fully saturated rings. The highest BCUT2D eigenvalue weighted by Crippen LogP contribution is 2.46.